The first-order valence-electron chi connectivity index (χ1n) is 4.20. The van der Waals surface area contributed by atoms with Crippen molar-refractivity contribution in [3.63, 3.8) is 0 Å². The van der Waals surface area contributed by atoms with E-state index in [1.807, 2.05) is 13.5 Å². The molecular formula is C8H17N2O. The summed E-state index contributed by atoms with van der Waals surface area (Å²) in [5.41, 5.74) is 0. The molecule has 0 amide bonds. The van der Waals surface area contributed by atoms with E-state index in [2.05, 4.69) is 17.1 Å². The smallest absolute Gasteiger partial charge is 0.0594 e. The van der Waals surface area contributed by atoms with Crippen molar-refractivity contribution in [2.45, 2.75) is 20.0 Å². The Morgan fingerprint density at radius 1 is 1.45 bits per heavy atom. The summed E-state index contributed by atoms with van der Waals surface area (Å²) in [7, 11) is 0. The van der Waals surface area contributed by atoms with E-state index in [-0.39, 0.29) is 0 Å². The van der Waals surface area contributed by atoms with Crippen molar-refractivity contribution >= 4 is 0 Å². The van der Waals surface area contributed by atoms with Gasteiger partial charge in [0.2, 0.25) is 0 Å². The van der Waals surface area contributed by atoms with Gasteiger partial charge in [0.1, 0.15) is 0 Å². The van der Waals surface area contributed by atoms with Gasteiger partial charge in [-0.2, -0.15) is 0 Å². The molecule has 1 atom stereocenters. The number of morpholine rings is 1. The van der Waals surface area contributed by atoms with Gasteiger partial charge >= 0.3 is 0 Å². The quantitative estimate of drug-likeness (QED) is 0.643. The summed E-state index contributed by atoms with van der Waals surface area (Å²) < 4.78 is 5.25. The van der Waals surface area contributed by atoms with Gasteiger partial charge in [-0.05, 0) is 13.8 Å². The Bertz CT molecular complexity index is 102. The Labute approximate surface area is 68.7 Å². The molecule has 1 aliphatic rings. The lowest BCUT2D eigenvalue weighted by Crippen LogP contribution is -2.47. The minimum Gasteiger partial charge on any atom is -0.379 e. The molecule has 3 heteroatoms. The molecule has 65 valence electrons. The summed E-state index contributed by atoms with van der Waals surface area (Å²) in [6.07, 6.45) is 0.448. The van der Waals surface area contributed by atoms with Gasteiger partial charge in [-0.3, -0.25) is 10.2 Å². The molecule has 0 aromatic rings. The predicted octanol–water partition coefficient (Wildman–Crippen LogP) is 0.436. The highest BCUT2D eigenvalue weighted by atomic mass is 16.5. The predicted molar refractivity (Wildman–Crippen MR) is 45.0 cm³/mol. The molecule has 1 radical (unpaired) electrons. The maximum absolute atomic E-state index is 5.25. The first-order chi connectivity index (χ1) is 5.34. The Morgan fingerprint density at radius 3 is 2.64 bits per heavy atom. The fourth-order valence-corrected chi connectivity index (χ4v) is 1.31. The Hall–Kier alpha value is -0.120. The minimum absolute atomic E-state index is 0.448. The van der Waals surface area contributed by atoms with Crippen LogP contribution in [0.2, 0.25) is 0 Å². The van der Waals surface area contributed by atoms with Crippen molar-refractivity contribution in [1.82, 2.24) is 10.2 Å². The number of ether oxygens (including phenoxy) is 1. The summed E-state index contributed by atoms with van der Waals surface area (Å²) >= 11 is 0. The third-order valence-electron chi connectivity index (χ3n) is 2.00. The molecule has 0 aromatic carbocycles. The Kier molecular flexibility index (Phi) is 3.83. The molecule has 1 rings (SSSR count). The number of nitrogens with one attached hydrogen (secondary N) is 1. The number of hydrogen-bond acceptors (Lipinski definition) is 3. The second-order valence-electron chi connectivity index (χ2n) is 2.78. The number of hydrogen-bond donors (Lipinski definition) is 1. The monoisotopic (exact) mass is 157 g/mol. The molecule has 1 saturated heterocycles. The van der Waals surface area contributed by atoms with Crippen LogP contribution in [0.4, 0.5) is 0 Å². The van der Waals surface area contributed by atoms with Crippen LogP contribution >= 0.6 is 0 Å². The van der Waals surface area contributed by atoms with Crippen molar-refractivity contribution < 1.29 is 4.74 Å². The van der Waals surface area contributed by atoms with Gasteiger partial charge in [-0.25, -0.2) is 0 Å². The van der Waals surface area contributed by atoms with Crippen LogP contribution in [0.25, 0.3) is 0 Å². The first kappa shape index (κ1) is 8.97. The highest BCUT2D eigenvalue weighted by Gasteiger charge is 2.15. The zero-order valence-electron chi connectivity index (χ0n) is 7.34. The first-order valence-corrected chi connectivity index (χ1v) is 4.20. The van der Waals surface area contributed by atoms with E-state index in [9.17, 15) is 0 Å². The van der Waals surface area contributed by atoms with Crippen LogP contribution < -0.4 is 5.32 Å². The zero-order chi connectivity index (χ0) is 8.10. The zero-order valence-corrected chi connectivity index (χ0v) is 7.34. The maximum Gasteiger partial charge on any atom is 0.0594 e. The number of rotatable bonds is 3. The van der Waals surface area contributed by atoms with Gasteiger partial charge in [-0.15, -0.1) is 0 Å². The fourth-order valence-electron chi connectivity index (χ4n) is 1.31. The lowest BCUT2D eigenvalue weighted by molar-refractivity contribution is 0.0151. The van der Waals surface area contributed by atoms with E-state index in [0.29, 0.717) is 6.17 Å². The Morgan fingerprint density at radius 2 is 2.09 bits per heavy atom. The average molecular weight is 157 g/mol. The molecule has 1 N–H and O–H groups in total. The fraction of sp³-hybridized carbons (Fsp3) is 0.875. The molecule has 1 heterocycles. The lowest BCUT2D eigenvalue weighted by atomic mass is 10.3. The van der Waals surface area contributed by atoms with Crippen LogP contribution in [0.15, 0.2) is 0 Å². The van der Waals surface area contributed by atoms with E-state index >= 15 is 0 Å². The molecule has 0 spiro atoms. The van der Waals surface area contributed by atoms with Gasteiger partial charge in [0.05, 0.1) is 19.4 Å². The molecule has 11 heavy (non-hydrogen) atoms. The van der Waals surface area contributed by atoms with Crippen molar-refractivity contribution in [3.8, 4) is 0 Å². The molecular weight excluding hydrogens is 140 g/mol. The van der Waals surface area contributed by atoms with Crippen molar-refractivity contribution in [1.29, 1.82) is 0 Å². The molecule has 0 bridgehead atoms. The standard InChI is InChI=1S/C8H17N2O/c1-3-9-8(2)10-4-6-11-7-5-10/h3,8-9H,4-7H2,1-2H3. The van der Waals surface area contributed by atoms with E-state index in [1.54, 1.807) is 0 Å². The SMILES string of the molecule is C[CH]NC(C)N1CCOCC1. The largest absolute Gasteiger partial charge is 0.379 e. The Balaban J connectivity index is 2.21. The topological polar surface area (TPSA) is 24.5 Å². The molecule has 1 unspecified atom stereocenters. The van der Waals surface area contributed by atoms with E-state index in [0.717, 1.165) is 26.3 Å². The second kappa shape index (κ2) is 4.70. The minimum atomic E-state index is 0.448. The van der Waals surface area contributed by atoms with Gasteiger partial charge < -0.3 is 4.74 Å². The highest BCUT2D eigenvalue weighted by Crippen LogP contribution is 2.00. The molecule has 0 aliphatic carbocycles. The average Bonchev–Trinajstić information content (AvgIpc) is 2.07. The van der Waals surface area contributed by atoms with Gasteiger partial charge in [0.25, 0.3) is 0 Å². The lowest BCUT2D eigenvalue weighted by Gasteiger charge is -2.32. The molecule has 1 fully saturated rings. The van der Waals surface area contributed by atoms with Crippen molar-refractivity contribution in [2.24, 2.45) is 0 Å². The molecule has 3 nitrogen and oxygen atoms in total. The van der Waals surface area contributed by atoms with Gasteiger partial charge in [0.15, 0.2) is 0 Å². The summed E-state index contributed by atoms with van der Waals surface area (Å²) in [5, 5.41) is 3.26. The molecule has 0 saturated carbocycles. The normalized spacial score (nSPS) is 23.5. The third kappa shape index (κ3) is 2.77. The van der Waals surface area contributed by atoms with Crippen LogP contribution in [0, 0.1) is 6.54 Å². The highest BCUT2D eigenvalue weighted by molar-refractivity contribution is 4.70. The van der Waals surface area contributed by atoms with Crippen molar-refractivity contribution in [2.75, 3.05) is 26.3 Å². The van der Waals surface area contributed by atoms with Crippen LogP contribution in [-0.4, -0.2) is 37.4 Å². The number of nitrogens with zero attached hydrogens (tertiary/aromatic N) is 1. The van der Waals surface area contributed by atoms with Crippen LogP contribution in [0.3, 0.4) is 0 Å². The van der Waals surface area contributed by atoms with E-state index in [1.165, 1.54) is 0 Å². The molecule has 0 aromatic heterocycles. The summed E-state index contributed by atoms with van der Waals surface area (Å²) in [4.78, 5) is 2.38. The van der Waals surface area contributed by atoms with Gasteiger partial charge in [-0.1, -0.05) is 0 Å². The van der Waals surface area contributed by atoms with Gasteiger partial charge in [0, 0.05) is 19.6 Å². The van der Waals surface area contributed by atoms with Crippen LogP contribution in [0.5, 0.6) is 0 Å². The summed E-state index contributed by atoms with van der Waals surface area (Å²) in [6.45, 7) is 10.00. The summed E-state index contributed by atoms with van der Waals surface area (Å²) in [6, 6.07) is 0. The maximum atomic E-state index is 5.25. The third-order valence-corrected chi connectivity index (χ3v) is 2.00. The van der Waals surface area contributed by atoms with Crippen LogP contribution in [0.1, 0.15) is 13.8 Å². The molecule has 1 aliphatic heterocycles. The second-order valence-corrected chi connectivity index (χ2v) is 2.78. The summed E-state index contributed by atoms with van der Waals surface area (Å²) in [5.74, 6) is 0. The van der Waals surface area contributed by atoms with Crippen LogP contribution in [-0.2, 0) is 4.74 Å². The van der Waals surface area contributed by atoms with Crippen molar-refractivity contribution in [3.05, 3.63) is 6.54 Å². The van der Waals surface area contributed by atoms with E-state index in [4.69, 9.17) is 4.74 Å². The van der Waals surface area contributed by atoms with E-state index < -0.39 is 0 Å².